The Labute approximate surface area is 148 Å². The molecule has 0 radical (unpaired) electrons. The van der Waals surface area contributed by atoms with Gasteiger partial charge in [-0.1, -0.05) is 12.1 Å². The molecule has 3 rings (SSSR count). The number of anilines is 1. The van der Waals surface area contributed by atoms with Crippen LogP contribution in [0.4, 0.5) is 5.82 Å². The molecule has 1 saturated heterocycles. The van der Waals surface area contributed by atoms with Crippen molar-refractivity contribution < 1.29 is 4.79 Å². The Hall–Kier alpha value is -2.47. The van der Waals surface area contributed by atoms with Gasteiger partial charge in [0.05, 0.1) is 0 Å². The third kappa shape index (κ3) is 4.33. The predicted molar refractivity (Wildman–Crippen MR) is 98.5 cm³/mol. The summed E-state index contributed by atoms with van der Waals surface area (Å²) < 4.78 is 0. The second-order valence-electron chi connectivity index (χ2n) is 6.55. The molecule has 0 bridgehead atoms. The van der Waals surface area contributed by atoms with E-state index >= 15 is 0 Å². The van der Waals surface area contributed by atoms with Crippen molar-refractivity contribution >= 4 is 11.7 Å². The van der Waals surface area contributed by atoms with Crippen LogP contribution in [0.1, 0.15) is 40.3 Å². The summed E-state index contributed by atoms with van der Waals surface area (Å²) >= 11 is 0. The molecule has 132 valence electrons. The molecular weight excluding hydrogens is 314 g/mol. The van der Waals surface area contributed by atoms with E-state index in [1.165, 1.54) is 0 Å². The highest BCUT2D eigenvalue weighted by atomic mass is 16.1. The lowest BCUT2D eigenvalue weighted by atomic mass is 10.0. The molecule has 2 heterocycles. The minimum absolute atomic E-state index is 0.0178. The van der Waals surface area contributed by atoms with E-state index in [9.17, 15) is 4.79 Å². The molecular formula is C19H25N5O. The summed E-state index contributed by atoms with van der Waals surface area (Å²) in [6.07, 6.45) is 1.82. The molecule has 0 saturated carbocycles. The van der Waals surface area contributed by atoms with E-state index in [0.29, 0.717) is 12.1 Å². The average Bonchev–Trinajstić information content (AvgIpc) is 2.61. The van der Waals surface area contributed by atoms with Gasteiger partial charge in [-0.3, -0.25) is 4.79 Å². The molecule has 6 nitrogen and oxygen atoms in total. The molecule has 1 amide bonds. The average molecular weight is 339 g/mol. The lowest BCUT2D eigenvalue weighted by molar-refractivity contribution is 0.0931. The van der Waals surface area contributed by atoms with Crippen LogP contribution in [0.5, 0.6) is 0 Å². The number of aromatic nitrogens is 2. The first-order chi connectivity index (χ1) is 12.0. The van der Waals surface area contributed by atoms with E-state index < -0.39 is 0 Å². The van der Waals surface area contributed by atoms with Crippen molar-refractivity contribution in [2.45, 2.75) is 39.3 Å². The maximum absolute atomic E-state index is 12.4. The fourth-order valence-corrected chi connectivity index (χ4v) is 3.17. The zero-order valence-corrected chi connectivity index (χ0v) is 14.8. The van der Waals surface area contributed by atoms with Crippen LogP contribution < -0.4 is 16.0 Å². The Morgan fingerprint density at radius 2 is 1.88 bits per heavy atom. The number of aryl methyl sites for hydroxylation is 2. The van der Waals surface area contributed by atoms with E-state index in [0.717, 1.165) is 48.8 Å². The third-order valence-corrected chi connectivity index (χ3v) is 4.56. The van der Waals surface area contributed by atoms with E-state index in [1.54, 1.807) is 0 Å². The van der Waals surface area contributed by atoms with E-state index in [1.807, 2.05) is 44.2 Å². The molecule has 0 aliphatic carbocycles. The number of carbonyl (C=O) groups excluding carboxylic acids is 1. The van der Waals surface area contributed by atoms with Crippen molar-refractivity contribution in [1.29, 1.82) is 0 Å². The monoisotopic (exact) mass is 339 g/mol. The largest absolute Gasteiger partial charge is 0.356 e. The van der Waals surface area contributed by atoms with E-state index in [-0.39, 0.29) is 11.9 Å². The number of amides is 1. The molecule has 1 aliphatic rings. The van der Waals surface area contributed by atoms with Gasteiger partial charge in [-0.15, -0.1) is 0 Å². The number of hydrogen-bond donors (Lipinski definition) is 2. The molecule has 0 atom stereocenters. The van der Waals surface area contributed by atoms with Gasteiger partial charge in [0.15, 0.2) is 0 Å². The second kappa shape index (κ2) is 7.61. The zero-order chi connectivity index (χ0) is 17.8. The Kier molecular flexibility index (Phi) is 5.28. The van der Waals surface area contributed by atoms with Crippen LogP contribution in [-0.4, -0.2) is 35.0 Å². The quantitative estimate of drug-likeness (QED) is 0.889. The lowest BCUT2D eigenvalue weighted by Gasteiger charge is -2.33. The highest BCUT2D eigenvalue weighted by Crippen LogP contribution is 2.19. The summed E-state index contributed by atoms with van der Waals surface area (Å²) in [5.74, 6) is 1.76. The third-order valence-electron chi connectivity index (χ3n) is 4.56. The van der Waals surface area contributed by atoms with Crippen molar-refractivity contribution in [1.82, 2.24) is 15.3 Å². The van der Waals surface area contributed by atoms with Gasteiger partial charge in [0.1, 0.15) is 11.6 Å². The number of nitrogens with zero attached hydrogens (tertiary/aromatic N) is 3. The van der Waals surface area contributed by atoms with Crippen molar-refractivity contribution in [2.75, 3.05) is 18.0 Å². The summed E-state index contributed by atoms with van der Waals surface area (Å²) in [7, 11) is 0. The Morgan fingerprint density at radius 3 is 2.48 bits per heavy atom. The molecule has 1 fully saturated rings. The molecule has 0 spiro atoms. The molecule has 3 N–H and O–H groups in total. The van der Waals surface area contributed by atoms with Crippen LogP contribution >= 0.6 is 0 Å². The van der Waals surface area contributed by atoms with Crippen molar-refractivity contribution in [3.8, 4) is 0 Å². The molecule has 25 heavy (non-hydrogen) atoms. The first kappa shape index (κ1) is 17.4. The first-order valence-corrected chi connectivity index (χ1v) is 8.72. The van der Waals surface area contributed by atoms with Crippen LogP contribution in [0.3, 0.4) is 0 Å². The standard InChI is InChI=1S/C19H25N5O/c1-13-11-18(22-14(2)21-13)24-9-7-17(8-10-24)23-19(25)16-5-3-15(12-20)4-6-16/h3-6,11,17H,7-10,12,20H2,1-2H3,(H,23,25). The fourth-order valence-electron chi connectivity index (χ4n) is 3.17. The van der Waals surface area contributed by atoms with Gasteiger partial charge in [-0.2, -0.15) is 0 Å². The van der Waals surface area contributed by atoms with Crippen molar-refractivity contribution in [2.24, 2.45) is 5.73 Å². The SMILES string of the molecule is Cc1cc(N2CCC(NC(=O)c3ccc(CN)cc3)CC2)nc(C)n1. The van der Waals surface area contributed by atoms with Crippen LogP contribution in [-0.2, 0) is 6.54 Å². The number of piperidine rings is 1. The van der Waals surface area contributed by atoms with Gasteiger partial charge in [0.2, 0.25) is 0 Å². The normalized spacial score (nSPS) is 15.2. The molecule has 2 aromatic rings. The Morgan fingerprint density at radius 1 is 1.20 bits per heavy atom. The zero-order valence-electron chi connectivity index (χ0n) is 14.8. The van der Waals surface area contributed by atoms with Gasteiger partial charge < -0.3 is 16.0 Å². The van der Waals surface area contributed by atoms with Gasteiger partial charge in [0.25, 0.3) is 5.91 Å². The lowest BCUT2D eigenvalue weighted by Crippen LogP contribution is -2.45. The maximum Gasteiger partial charge on any atom is 0.251 e. The summed E-state index contributed by atoms with van der Waals surface area (Å²) in [5, 5.41) is 3.14. The summed E-state index contributed by atoms with van der Waals surface area (Å²) in [6.45, 7) is 6.16. The Bertz CT molecular complexity index is 716. The summed E-state index contributed by atoms with van der Waals surface area (Å²) in [4.78, 5) is 23.5. The van der Waals surface area contributed by atoms with Crippen LogP contribution in [0.15, 0.2) is 30.3 Å². The van der Waals surface area contributed by atoms with Crippen LogP contribution in [0.25, 0.3) is 0 Å². The molecule has 0 unspecified atom stereocenters. The second-order valence-corrected chi connectivity index (χ2v) is 6.55. The topological polar surface area (TPSA) is 84.1 Å². The minimum atomic E-state index is -0.0178. The highest BCUT2D eigenvalue weighted by molar-refractivity contribution is 5.94. The first-order valence-electron chi connectivity index (χ1n) is 8.72. The van der Waals surface area contributed by atoms with Gasteiger partial charge >= 0.3 is 0 Å². The maximum atomic E-state index is 12.4. The van der Waals surface area contributed by atoms with Crippen LogP contribution in [0, 0.1) is 13.8 Å². The van der Waals surface area contributed by atoms with Crippen LogP contribution in [0.2, 0.25) is 0 Å². The van der Waals surface area contributed by atoms with Gasteiger partial charge in [-0.05, 0) is 44.4 Å². The number of nitrogens with one attached hydrogen (secondary N) is 1. The summed E-state index contributed by atoms with van der Waals surface area (Å²) in [5.41, 5.74) is 8.29. The van der Waals surface area contributed by atoms with E-state index in [4.69, 9.17) is 5.73 Å². The number of rotatable bonds is 4. The predicted octanol–water partition coefficient (Wildman–Crippen LogP) is 1.95. The Balaban J connectivity index is 1.55. The highest BCUT2D eigenvalue weighted by Gasteiger charge is 2.22. The number of carbonyl (C=O) groups is 1. The number of benzene rings is 1. The minimum Gasteiger partial charge on any atom is -0.356 e. The van der Waals surface area contributed by atoms with E-state index in [2.05, 4.69) is 20.2 Å². The number of hydrogen-bond acceptors (Lipinski definition) is 5. The summed E-state index contributed by atoms with van der Waals surface area (Å²) in [6, 6.07) is 9.68. The van der Waals surface area contributed by atoms with Crippen molar-refractivity contribution in [3.05, 3.63) is 53.0 Å². The van der Waals surface area contributed by atoms with Gasteiger partial charge in [-0.25, -0.2) is 9.97 Å². The fraction of sp³-hybridized carbons (Fsp3) is 0.421. The van der Waals surface area contributed by atoms with Crippen molar-refractivity contribution in [3.63, 3.8) is 0 Å². The molecule has 1 aromatic heterocycles. The molecule has 6 heteroatoms. The molecule has 1 aromatic carbocycles. The number of nitrogens with two attached hydrogens (primary N) is 1. The molecule has 1 aliphatic heterocycles. The smallest absolute Gasteiger partial charge is 0.251 e. The van der Waals surface area contributed by atoms with Gasteiger partial charge in [0, 0.05) is 43.0 Å².